The summed E-state index contributed by atoms with van der Waals surface area (Å²) < 4.78 is 4.47. The van der Waals surface area contributed by atoms with E-state index in [1.165, 1.54) is 12.7 Å². The predicted octanol–water partition coefficient (Wildman–Crippen LogP) is 2.73. The van der Waals surface area contributed by atoms with E-state index in [9.17, 15) is 14.4 Å². The number of ether oxygens (including phenoxy) is 1. The van der Waals surface area contributed by atoms with Crippen LogP contribution < -0.4 is 16.0 Å². The number of anilines is 1. The summed E-state index contributed by atoms with van der Waals surface area (Å²) in [6.45, 7) is 1.76. The first-order valence-electron chi connectivity index (χ1n) is 9.04. The van der Waals surface area contributed by atoms with Crippen molar-refractivity contribution in [1.29, 1.82) is 0 Å². The molecular weight excluding hydrogens is 358 g/mol. The molecule has 0 spiro atoms. The lowest BCUT2D eigenvalue weighted by molar-refractivity contribution is -0.139. The van der Waals surface area contributed by atoms with E-state index in [2.05, 4.69) is 32.8 Å². The molecule has 2 rings (SSSR count). The van der Waals surface area contributed by atoms with Crippen molar-refractivity contribution in [2.45, 2.75) is 25.8 Å². The summed E-state index contributed by atoms with van der Waals surface area (Å²) in [6, 6.07) is 16.2. The Kier molecular flexibility index (Phi) is 8.02. The number of hydrogen-bond donors (Lipinski definition) is 3. The van der Waals surface area contributed by atoms with E-state index in [0.29, 0.717) is 11.3 Å². The van der Waals surface area contributed by atoms with Crippen molar-refractivity contribution in [1.82, 2.24) is 10.6 Å². The number of methoxy groups -OCH3 is 1. The zero-order chi connectivity index (χ0) is 20.4. The van der Waals surface area contributed by atoms with Crippen LogP contribution in [-0.2, 0) is 16.0 Å². The van der Waals surface area contributed by atoms with Crippen LogP contribution in [0, 0.1) is 0 Å². The summed E-state index contributed by atoms with van der Waals surface area (Å²) in [5.41, 5.74) is 2.18. The lowest BCUT2D eigenvalue weighted by atomic mass is 10.1. The van der Waals surface area contributed by atoms with Crippen molar-refractivity contribution in [3.8, 4) is 0 Å². The molecule has 0 aliphatic carbocycles. The molecule has 0 heterocycles. The van der Waals surface area contributed by atoms with Crippen LogP contribution in [0.25, 0.3) is 0 Å². The number of benzene rings is 2. The van der Waals surface area contributed by atoms with E-state index >= 15 is 0 Å². The van der Waals surface area contributed by atoms with Crippen LogP contribution >= 0.6 is 0 Å². The van der Waals surface area contributed by atoms with Crippen LogP contribution in [0.5, 0.6) is 0 Å². The quantitative estimate of drug-likeness (QED) is 0.611. The number of rotatable bonds is 8. The van der Waals surface area contributed by atoms with Gasteiger partial charge in [-0.25, -0.2) is 4.79 Å². The Morgan fingerprint density at radius 2 is 1.68 bits per heavy atom. The van der Waals surface area contributed by atoms with E-state index in [-0.39, 0.29) is 18.6 Å². The average molecular weight is 383 g/mol. The molecule has 2 aromatic carbocycles. The van der Waals surface area contributed by atoms with Gasteiger partial charge in [-0.2, -0.15) is 0 Å². The van der Waals surface area contributed by atoms with Gasteiger partial charge in [0.2, 0.25) is 0 Å². The minimum atomic E-state index is -0.523. The molecule has 1 unspecified atom stereocenters. The highest BCUT2D eigenvalue weighted by Gasteiger charge is 2.10. The number of amides is 3. The van der Waals surface area contributed by atoms with Gasteiger partial charge in [0.1, 0.15) is 6.54 Å². The molecule has 3 N–H and O–H groups in total. The molecule has 28 heavy (non-hydrogen) atoms. The van der Waals surface area contributed by atoms with Crippen LogP contribution in [0.15, 0.2) is 54.6 Å². The van der Waals surface area contributed by atoms with Gasteiger partial charge in [0.15, 0.2) is 0 Å². The summed E-state index contributed by atoms with van der Waals surface area (Å²) in [7, 11) is 1.25. The fourth-order valence-corrected chi connectivity index (χ4v) is 2.52. The van der Waals surface area contributed by atoms with Gasteiger partial charge in [-0.15, -0.1) is 0 Å². The van der Waals surface area contributed by atoms with Gasteiger partial charge < -0.3 is 20.7 Å². The summed E-state index contributed by atoms with van der Waals surface area (Å²) in [5, 5.41) is 8.09. The summed E-state index contributed by atoms with van der Waals surface area (Å²) >= 11 is 0. The largest absolute Gasteiger partial charge is 0.468 e. The molecule has 0 fully saturated rings. The van der Waals surface area contributed by atoms with Crippen LogP contribution in [0.2, 0.25) is 0 Å². The average Bonchev–Trinajstić information content (AvgIpc) is 2.71. The maximum absolute atomic E-state index is 12.1. The summed E-state index contributed by atoms with van der Waals surface area (Å²) in [6.07, 6.45) is 1.72. The molecule has 0 aliphatic rings. The van der Waals surface area contributed by atoms with Gasteiger partial charge in [-0.3, -0.25) is 9.59 Å². The molecular formula is C21H25N3O4. The number of carbonyl (C=O) groups is 3. The van der Waals surface area contributed by atoms with Gasteiger partial charge in [0.05, 0.1) is 7.11 Å². The lowest BCUT2D eigenvalue weighted by Gasteiger charge is -2.15. The SMILES string of the molecule is COC(=O)CNC(=O)c1ccc(NC(=O)NC(C)CCc2ccccc2)cc1. The normalized spacial score (nSPS) is 11.2. The highest BCUT2D eigenvalue weighted by molar-refractivity contribution is 5.97. The third-order valence-corrected chi connectivity index (χ3v) is 4.11. The van der Waals surface area contributed by atoms with Crippen molar-refractivity contribution >= 4 is 23.6 Å². The summed E-state index contributed by atoms with van der Waals surface area (Å²) in [4.78, 5) is 35.1. The van der Waals surface area contributed by atoms with Crippen molar-refractivity contribution < 1.29 is 19.1 Å². The Labute approximate surface area is 164 Å². The fourth-order valence-electron chi connectivity index (χ4n) is 2.52. The van der Waals surface area contributed by atoms with Crippen molar-refractivity contribution in [3.05, 3.63) is 65.7 Å². The van der Waals surface area contributed by atoms with Gasteiger partial charge in [0.25, 0.3) is 5.91 Å². The zero-order valence-corrected chi connectivity index (χ0v) is 16.0. The first kappa shape index (κ1) is 21.0. The maximum Gasteiger partial charge on any atom is 0.325 e. The van der Waals surface area contributed by atoms with Crippen LogP contribution in [0.4, 0.5) is 10.5 Å². The lowest BCUT2D eigenvalue weighted by Crippen LogP contribution is -2.36. The third kappa shape index (κ3) is 7.11. The van der Waals surface area contributed by atoms with Crippen LogP contribution in [0.1, 0.15) is 29.3 Å². The van der Waals surface area contributed by atoms with E-state index < -0.39 is 11.9 Å². The number of esters is 1. The second kappa shape index (κ2) is 10.7. The molecule has 0 saturated heterocycles. The Balaban J connectivity index is 1.77. The van der Waals surface area contributed by atoms with Gasteiger partial charge >= 0.3 is 12.0 Å². The molecule has 0 aromatic heterocycles. The standard InChI is InChI=1S/C21H25N3O4/c1-15(8-9-16-6-4-3-5-7-16)23-21(27)24-18-12-10-17(11-13-18)20(26)22-14-19(25)28-2/h3-7,10-13,15H,8-9,14H2,1-2H3,(H,22,26)(H2,23,24,27). The van der Waals surface area contributed by atoms with Gasteiger partial charge in [-0.05, 0) is 49.6 Å². The molecule has 0 aliphatic heterocycles. The van der Waals surface area contributed by atoms with E-state index in [1.54, 1.807) is 24.3 Å². The Morgan fingerprint density at radius 3 is 2.32 bits per heavy atom. The second-order valence-electron chi connectivity index (χ2n) is 6.36. The topological polar surface area (TPSA) is 96.5 Å². The molecule has 7 nitrogen and oxygen atoms in total. The number of urea groups is 1. The smallest absolute Gasteiger partial charge is 0.325 e. The van der Waals surface area contributed by atoms with Crippen molar-refractivity contribution in [2.75, 3.05) is 19.0 Å². The minimum absolute atomic E-state index is 0.0172. The van der Waals surface area contributed by atoms with Gasteiger partial charge in [0, 0.05) is 17.3 Å². The molecule has 1 atom stereocenters. The number of aryl methyl sites for hydroxylation is 1. The van der Waals surface area contributed by atoms with Crippen molar-refractivity contribution in [2.24, 2.45) is 0 Å². The van der Waals surface area contributed by atoms with E-state index in [0.717, 1.165) is 12.8 Å². The molecule has 3 amide bonds. The number of hydrogen-bond acceptors (Lipinski definition) is 4. The highest BCUT2D eigenvalue weighted by Crippen LogP contribution is 2.10. The first-order chi connectivity index (χ1) is 13.5. The number of carbonyl (C=O) groups excluding carboxylic acids is 3. The zero-order valence-electron chi connectivity index (χ0n) is 16.0. The maximum atomic E-state index is 12.1. The first-order valence-corrected chi connectivity index (χ1v) is 9.04. The predicted molar refractivity (Wildman–Crippen MR) is 107 cm³/mol. The van der Waals surface area contributed by atoms with Crippen molar-refractivity contribution in [3.63, 3.8) is 0 Å². The Hall–Kier alpha value is -3.35. The van der Waals surface area contributed by atoms with Crippen LogP contribution in [0.3, 0.4) is 0 Å². The third-order valence-electron chi connectivity index (χ3n) is 4.11. The number of nitrogens with one attached hydrogen (secondary N) is 3. The van der Waals surface area contributed by atoms with Crippen LogP contribution in [-0.4, -0.2) is 37.6 Å². The monoisotopic (exact) mass is 383 g/mol. The molecule has 0 saturated carbocycles. The molecule has 0 bridgehead atoms. The second-order valence-corrected chi connectivity index (χ2v) is 6.36. The summed E-state index contributed by atoms with van der Waals surface area (Å²) in [5.74, 6) is -0.916. The van der Waals surface area contributed by atoms with Gasteiger partial charge in [-0.1, -0.05) is 30.3 Å². The van der Waals surface area contributed by atoms with E-state index in [1.807, 2.05) is 25.1 Å². The molecule has 0 radical (unpaired) electrons. The molecule has 2 aromatic rings. The highest BCUT2D eigenvalue weighted by atomic mass is 16.5. The van der Waals surface area contributed by atoms with E-state index in [4.69, 9.17) is 0 Å². The minimum Gasteiger partial charge on any atom is -0.468 e. The fraction of sp³-hybridized carbons (Fsp3) is 0.286. The Morgan fingerprint density at radius 1 is 1.00 bits per heavy atom. The Bertz CT molecular complexity index is 791. The molecule has 7 heteroatoms. The molecule has 148 valence electrons.